The molecule has 0 atom stereocenters. The second kappa shape index (κ2) is 6.77. The highest BCUT2D eigenvalue weighted by Gasteiger charge is 2.32. The molecule has 3 heterocycles. The quantitative estimate of drug-likeness (QED) is 0.556. The van der Waals surface area contributed by atoms with Crippen molar-refractivity contribution in [3.63, 3.8) is 0 Å². The van der Waals surface area contributed by atoms with Crippen LogP contribution in [-0.4, -0.2) is 17.6 Å². The molecule has 1 aromatic heterocycles. The van der Waals surface area contributed by atoms with E-state index < -0.39 is 0 Å². The smallest absolute Gasteiger partial charge is 0.139 e. The number of fused-ring (bicyclic) bond motifs is 5. The van der Waals surface area contributed by atoms with Crippen LogP contribution in [0, 0.1) is 0 Å². The molecule has 2 aromatic carbocycles. The lowest BCUT2D eigenvalue weighted by Gasteiger charge is -2.35. The second-order valence-corrected chi connectivity index (χ2v) is 8.28. The number of aromatic nitrogens is 1. The van der Waals surface area contributed by atoms with Gasteiger partial charge in [-0.25, -0.2) is 0 Å². The molecule has 2 aliphatic rings. The fraction of sp³-hybridized carbons (Fsp3) is 0.192. The van der Waals surface area contributed by atoms with Crippen molar-refractivity contribution < 1.29 is 9.47 Å². The molecule has 4 heteroatoms. The number of hydrogen-bond acceptors (Lipinski definition) is 4. The Hall–Kier alpha value is -3.53. The van der Waals surface area contributed by atoms with Crippen LogP contribution in [0.3, 0.4) is 0 Å². The number of ether oxygens (including phenoxy) is 2. The standard InChI is InChI=1S/C26H24N2O2/c1-16-15-26(2,3)28-19-12-11-18-24-20(29-4)9-7-10-21(24)30-22(25(18)23(16)19)14-17-8-5-6-13-27-17/h5-15,28H,1-4H3/b22-14-. The molecule has 0 aliphatic carbocycles. The lowest BCUT2D eigenvalue weighted by molar-refractivity contribution is 0.412. The summed E-state index contributed by atoms with van der Waals surface area (Å²) < 4.78 is 12.1. The number of rotatable bonds is 2. The Morgan fingerprint density at radius 3 is 2.63 bits per heavy atom. The molecule has 0 radical (unpaired) electrons. The lowest BCUT2D eigenvalue weighted by atomic mass is 9.83. The van der Waals surface area contributed by atoms with E-state index in [2.05, 4.69) is 49.3 Å². The van der Waals surface area contributed by atoms with E-state index in [4.69, 9.17) is 9.47 Å². The van der Waals surface area contributed by atoms with E-state index in [9.17, 15) is 0 Å². The van der Waals surface area contributed by atoms with Gasteiger partial charge in [0.05, 0.1) is 23.9 Å². The molecule has 1 N–H and O–H groups in total. The van der Waals surface area contributed by atoms with Crippen molar-refractivity contribution in [2.75, 3.05) is 12.4 Å². The zero-order valence-corrected chi connectivity index (χ0v) is 17.6. The van der Waals surface area contributed by atoms with Crippen molar-refractivity contribution in [2.24, 2.45) is 0 Å². The first-order chi connectivity index (χ1) is 14.5. The molecule has 0 spiro atoms. The van der Waals surface area contributed by atoms with Crippen molar-refractivity contribution in [2.45, 2.75) is 26.3 Å². The normalized spacial score (nSPS) is 17.1. The third-order valence-corrected chi connectivity index (χ3v) is 5.54. The number of anilines is 1. The molecule has 0 saturated carbocycles. The predicted octanol–water partition coefficient (Wildman–Crippen LogP) is 6.26. The topological polar surface area (TPSA) is 43.4 Å². The summed E-state index contributed by atoms with van der Waals surface area (Å²) in [5.41, 5.74) is 7.37. The van der Waals surface area contributed by atoms with E-state index in [0.717, 1.165) is 50.9 Å². The maximum absolute atomic E-state index is 6.46. The third-order valence-electron chi connectivity index (χ3n) is 5.54. The van der Waals surface area contributed by atoms with Crippen LogP contribution < -0.4 is 14.8 Å². The lowest BCUT2D eigenvalue weighted by Crippen LogP contribution is -2.32. The Morgan fingerprint density at radius 2 is 1.87 bits per heavy atom. The Morgan fingerprint density at radius 1 is 1.00 bits per heavy atom. The summed E-state index contributed by atoms with van der Waals surface area (Å²) in [5, 5.41) is 3.65. The van der Waals surface area contributed by atoms with E-state index in [1.807, 2.05) is 42.5 Å². The van der Waals surface area contributed by atoms with Gasteiger partial charge >= 0.3 is 0 Å². The molecule has 0 saturated heterocycles. The Kier molecular flexibility index (Phi) is 4.17. The number of pyridine rings is 1. The molecule has 0 bridgehead atoms. The average Bonchev–Trinajstić information content (AvgIpc) is 2.72. The van der Waals surface area contributed by atoms with Crippen LogP contribution >= 0.6 is 0 Å². The highest BCUT2D eigenvalue weighted by Crippen LogP contribution is 2.51. The van der Waals surface area contributed by atoms with Crippen LogP contribution in [0.25, 0.3) is 28.5 Å². The number of benzene rings is 2. The molecule has 0 fully saturated rings. The highest BCUT2D eigenvalue weighted by atomic mass is 16.5. The average molecular weight is 396 g/mol. The number of methoxy groups -OCH3 is 1. The summed E-state index contributed by atoms with van der Waals surface area (Å²) in [6, 6.07) is 16.1. The monoisotopic (exact) mass is 396 g/mol. The summed E-state index contributed by atoms with van der Waals surface area (Å²) in [6.45, 7) is 6.52. The van der Waals surface area contributed by atoms with Crippen molar-refractivity contribution in [3.8, 4) is 22.6 Å². The summed E-state index contributed by atoms with van der Waals surface area (Å²) in [7, 11) is 1.70. The number of nitrogens with one attached hydrogen (secondary N) is 1. The molecule has 2 aliphatic heterocycles. The zero-order valence-electron chi connectivity index (χ0n) is 17.6. The molecule has 5 rings (SSSR count). The van der Waals surface area contributed by atoms with E-state index in [-0.39, 0.29) is 5.54 Å². The predicted molar refractivity (Wildman–Crippen MR) is 123 cm³/mol. The van der Waals surface area contributed by atoms with Gasteiger partial charge in [0, 0.05) is 34.7 Å². The van der Waals surface area contributed by atoms with Crippen LogP contribution in [0.4, 0.5) is 5.69 Å². The Balaban J connectivity index is 1.83. The van der Waals surface area contributed by atoms with Crippen LogP contribution in [-0.2, 0) is 0 Å². The van der Waals surface area contributed by atoms with Crippen molar-refractivity contribution in [1.82, 2.24) is 4.98 Å². The largest absolute Gasteiger partial charge is 0.496 e. The first kappa shape index (κ1) is 18.5. The zero-order chi connectivity index (χ0) is 20.9. The molecule has 3 aromatic rings. The SMILES string of the molecule is COc1cccc2c1-c1ccc3c(c1/C(=C/c1ccccn1)O2)C(C)=CC(C)(C)N3. The molecule has 0 unspecified atom stereocenters. The molecular weight excluding hydrogens is 372 g/mol. The Bertz CT molecular complexity index is 1210. The summed E-state index contributed by atoms with van der Waals surface area (Å²) in [4.78, 5) is 4.48. The molecule has 150 valence electrons. The van der Waals surface area contributed by atoms with Crippen molar-refractivity contribution in [1.29, 1.82) is 0 Å². The third kappa shape index (κ3) is 2.96. The minimum Gasteiger partial charge on any atom is -0.496 e. The van der Waals surface area contributed by atoms with E-state index in [1.54, 1.807) is 13.3 Å². The minimum atomic E-state index is -0.110. The first-order valence-electron chi connectivity index (χ1n) is 10.1. The molecular formula is C26H24N2O2. The summed E-state index contributed by atoms with van der Waals surface area (Å²) >= 11 is 0. The van der Waals surface area contributed by atoms with Crippen molar-refractivity contribution in [3.05, 3.63) is 77.6 Å². The van der Waals surface area contributed by atoms with Gasteiger partial charge in [-0.3, -0.25) is 4.98 Å². The number of hydrogen-bond donors (Lipinski definition) is 1. The molecule has 4 nitrogen and oxygen atoms in total. The van der Waals surface area contributed by atoms with Gasteiger partial charge in [-0.2, -0.15) is 0 Å². The van der Waals surface area contributed by atoms with Gasteiger partial charge in [0.2, 0.25) is 0 Å². The minimum absolute atomic E-state index is 0.110. The van der Waals surface area contributed by atoms with E-state index >= 15 is 0 Å². The van der Waals surface area contributed by atoms with Crippen molar-refractivity contribution >= 4 is 23.1 Å². The van der Waals surface area contributed by atoms with Crippen LogP contribution in [0.2, 0.25) is 0 Å². The summed E-state index contributed by atoms with van der Waals surface area (Å²) in [5.74, 6) is 2.38. The maximum Gasteiger partial charge on any atom is 0.139 e. The second-order valence-electron chi connectivity index (χ2n) is 8.28. The number of nitrogens with zero attached hydrogens (tertiary/aromatic N) is 1. The highest BCUT2D eigenvalue weighted by molar-refractivity contribution is 6.01. The van der Waals surface area contributed by atoms with Gasteiger partial charge < -0.3 is 14.8 Å². The number of allylic oxidation sites excluding steroid dienone is 1. The van der Waals surface area contributed by atoms with Gasteiger partial charge in [-0.05, 0) is 56.7 Å². The first-order valence-corrected chi connectivity index (χ1v) is 10.1. The van der Waals surface area contributed by atoms with E-state index in [1.165, 1.54) is 5.57 Å². The molecule has 30 heavy (non-hydrogen) atoms. The fourth-order valence-electron chi connectivity index (χ4n) is 4.48. The van der Waals surface area contributed by atoms with E-state index in [0.29, 0.717) is 0 Å². The van der Waals surface area contributed by atoms with Gasteiger partial charge in [0.25, 0.3) is 0 Å². The van der Waals surface area contributed by atoms with Gasteiger partial charge in [-0.15, -0.1) is 0 Å². The maximum atomic E-state index is 6.46. The molecule has 0 amide bonds. The fourth-order valence-corrected chi connectivity index (χ4v) is 4.48. The van der Waals surface area contributed by atoms with Gasteiger partial charge in [0.1, 0.15) is 17.3 Å². The van der Waals surface area contributed by atoms with Crippen LogP contribution in [0.5, 0.6) is 11.5 Å². The Labute approximate surface area is 176 Å². The van der Waals surface area contributed by atoms with Crippen LogP contribution in [0.1, 0.15) is 37.6 Å². The van der Waals surface area contributed by atoms with Crippen LogP contribution in [0.15, 0.2) is 60.8 Å². The van der Waals surface area contributed by atoms with Gasteiger partial charge in [0.15, 0.2) is 0 Å². The summed E-state index contributed by atoms with van der Waals surface area (Å²) in [6.07, 6.45) is 6.07. The van der Waals surface area contributed by atoms with Gasteiger partial charge in [-0.1, -0.05) is 24.3 Å².